The molecule has 1 aliphatic carbocycles. The molecule has 21 heavy (non-hydrogen) atoms. The van der Waals surface area contributed by atoms with Crippen molar-refractivity contribution in [2.24, 2.45) is 5.73 Å². The molecule has 1 aromatic carbocycles. The summed E-state index contributed by atoms with van der Waals surface area (Å²) in [6.07, 6.45) is -2.71. The summed E-state index contributed by atoms with van der Waals surface area (Å²) in [6.45, 7) is 0.268. The molecule has 1 aliphatic rings. The third-order valence-electron chi connectivity index (χ3n) is 3.41. The summed E-state index contributed by atoms with van der Waals surface area (Å²) in [7, 11) is 0. The number of aromatic nitrogens is 1. The van der Waals surface area contributed by atoms with Crippen molar-refractivity contribution >= 4 is 11.3 Å². The minimum atomic E-state index is -4.71. The maximum absolute atomic E-state index is 14.1. The van der Waals surface area contributed by atoms with E-state index in [0.717, 1.165) is 29.5 Å². The van der Waals surface area contributed by atoms with E-state index in [1.807, 2.05) is 0 Å². The number of hydrogen-bond acceptors (Lipinski definition) is 3. The van der Waals surface area contributed by atoms with Crippen LogP contribution >= 0.6 is 11.3 Å². The molecule has 0 bridgehead atoms. The number of nitrogens with zero attached hydrogens (tertiary/aromatic N) is 1. The summed E-state index contributed by atoms with van der Waals surface area (Å²) in [5.74, 6) is -0.952. The first-order chi connectivity index (χ1) is 9.91. The molecular formula is C14H12F4N2S. The van der Waals surface area contributed by atoms with E-state index in [-0.39, 0.29) is 17.1 Å². The van der Waals surface area contributed by atoms with Crippen molar-refractivity contribution in [1.29, 1.82) is 0 Å². The zero-order valence-corrected chi connectivity index (χ0v) is 11.7. The van der Waals surface area contributed by atoms with E-state index in [0.29, 0.717) is 5.92 Å². The minimum absolute atomic E-state index is 0.114. The molecule has 0 unspecified atom stereocenters. The highest BCUT2D eigenvalue weighted by Gasteiger charge is 2.36. The molecule has 1 aromatic heterocycles. The monoisotopic (exact) mass is 316 g/mol. The van der Waals surface area contributed by atoms with E-state index in [1.54, 1.807) is 0 Å². The maximum Gasteiger partial charge on any atom is 0.419 e. The van der Waals surface area contributed by atoms with Gasteiger partial charge in [0.05, 0.1) is 11.3 Å². The van der Waals surface area contributed by atoms with Gasteiger partial charge in [0.25, 0.3) is 0 Å². The number of nitrogens with two attached hydrogens (primary N) is 1. The van der Waals surface area contributed by atoms with Gasteiger partial charge in [-0.2, -0.15) is 13.2 Å². The Morgan fingerprint density at radius 2 is 2.00 bits per heavy atom. The van der Waals surface area contributed by atoms with Crippen molar-refractivity contribution in [2.75, 3.05) is 0 Å². The topological polar surface area (TPSA) is 38.9 Å². The summed E-state index contributed by atoms with van der Waals surface area (Å²) < 4.78 is 52.4. The number of rotatable bonds is 3. The summed E-state index contributed by atoms with van der Waals surface area (Å²) in [6, 6.07) is 3.25. The Labute approximate surface area is 122 Å². The van der Waals surface area contributed by atoms with Crippen molar-refractivity contribution in [1.82, 2.24) is 4.98 Å². The van der Waals surface area contributed by atoms with Gasteiger partial charge in [0.2, 0.25) is 0 Å². The number of halogens is 4. The van der Waals surface area contributed by atoms with Crippen LogP contribution in [0.1, 0.15) is 34.9 Å². The van der Waals surface area contributed by atoms with Crippen molar-refractivity contribution < 1.29 is 17.6 Å². The Morgan fingerprint density at radius 1 is 1.29 bits per heavy atom. The molecule has 3 rings (SSSR count). The first kappa shape index (κ1) is 14.5. The van der Waals surface area contributed by atoms with Gasteiger partial charge in [-0.25, -0.2) is 9.37 Å². The van der Waals surface area contributed by atoms with Crippen molar-refractivity contribution in [2.45, 2.75) is 31.5 Å². The minimum Gasteiger partial charge on any atom is -0.326 e. The molecule has 0 atom stereocenters. The van der Waals surface area contributed by atoms with Gasteiger partial charge < -0.3 is 5.73 Å². The van der Waals surface area contributed by atoms with Crippen LogP contribution in [0.4, 0.5) is 17.6 Å². The molecule has 0 saturated heterocycles. The molecule has 0 radical (unpaired) electrons. The number of thiazole rings is 1. The van der Waals surface area contributed by atoms with Crippen LogP contribution in [0, 0.1) is 5.82 Å². The lowest BCUT2D eigenvalue weighted by Crippen LogP contribution is -2.08. The van der Waals surface area contributed by atoms with E-state index in [2.05, 4.69) is 4.98 Å². The third-order valence-corrected chi connectivity index (χ3v) is 4.54. The Kier molecular flexibility index (Phi) is 3.49. The zero-order valence-electron chi connectivity index (χ0n) is 10.9. The molecule has 0 aliphatic heterocycles. The highest BCUT2D eigenvalue weighted by atomic mass is 32.1. The van der Waals surface area contributed by atoms with Crippen LogP contribution in [0.3, 0.4) is 0 Å². The van der Waals surface area contributed by atoms with Crippen molar-refractivity contribution in [3.05, 3.63) is 40.2 Å². The highest BCUT2D eigenvalue weighted by Crippen LogP contribution is 2.45. The second-order valence-electron chi connectivity index (χ2n) is 4.97. The second kappa shape index (κ2) is 5.06. The fourth-order valence-electron chi connectivity index (χ4n) is 2.22. The highest BCUT2D eigenvalue weighted by molar-refractivity contribution is 7.15. The molecule has 1 saturated carbocycles. The smallest absolute Gasteiger partial charge is 0.326 e. The first-order valence-corrected chi connectivity index (χ1v) is 7.29. The van der Waals surface area contributed by atoms with Gasteiger partial charge in [0, 0.05) is 22.9 Å². The molecular weight excluding hydrogens is 304 g/mol. The van der Waals surface area contributed by atoms with Gasteiger partial charge in [0.15, 0.2) is 0 Å². The summed E-state index contributed by atoms with van der Waals surface area (Å²) in [5, 5.41) is 0.265. The lowest BCUT2D eigenvalue weighted by molar-refractivity contribution is -0.139. The van der Waals surface area contributed by atoms with E-state index >= 15 is 0 Å². The van der Waals surface area contributed by atoms with Crippen LogP contribution in [0.15, 0.2) is 18.2 Å². The average molecular weight is 316 g/mol. The van der Waals surface area contributed by atoms with Crippen LogP contribution in [-0.4, -0.2) is 4.98 Å². The molecule has 1 fully saturated rings. The van der Waals surface area contributed by atoms with Gasteiger partial charge in [-0.1, -0.05) is 6.07 Å². The van der Waals surface area contributed by atoms with Crippen LogP contribution in [0.2, 0.25) is 0 Å². The zero-order chi connectivity index (χ0) is 15.2. The largest absolute Gasteiger partial charge is 0.419 e. The van der Waals surface area contributed by atoms with E-state index in [1.165, 1.54) is 23.5 Å². The quantitative estimate of drug-likeness (QED) is 0.857. The van der Waals surface area contributed by atoms with Crippen molar-refractivity contribution in [3.63, 3.8) is 0 Å². The fourth-order valence-corrected chi connectivity index (χ4v) is 3.26. The number of alkyl halides is 3. The summed E-state index contributed by atoms with van der Waals surface area (Å²) >= 11 is 1.17. The fraction of sp³-hybridized carbons (Fsp3) is 0.357. The number of benzene rings is 1. The normalized spacial score (nSPS) is 15.5. The molecule has 7 heteroatoms. The Balaban J connectivity index is 2.08. The molecule has 1 heterocycles. The van der Waals surface area contributed by atoms with Gasteiger partial charge in [-0.15, -0.1) is 11.3 Å². The molecule has 2 nitrogen and oxygen atoms in total. The van der Waals surface area contributed by atoms with E-state index < -0.39 is 17.6 Å². The lowest BCUT2D eigenvalue weighted by atomic mass is 10.1. The van der Waals surface area contributed by atoms with Gasteiger partial charge >= 0.3 is 6.18 Å². The standard InChI is InChI=1S/C14H12F4N2S/c15-11-8(2-1-3-9(11)14(16,17)18)13-20-12(7-4-5-7)10(6-19)21-13/h1-3,7H,4-6,19H2. The van der Waals surface area contributed by atoms with E-state index in [4.69, 9.17) is 5.73 Å². The van der Waals surface area contributed by atoms with Crippen LogP contribution < -0.4 is 5.73 Å². The van der Waals surface area contributed by atoms with Gasteiger partial charge in [-0.05, 0) is 25.0 Å². The molecule has 2 aromatic rings. The van der Waals surface area contributed by atoms with Crippen LogP contribution in [-0.2, 0) is 12.7 Å². The predicted molar refractivity (Wildman–Crippen MR) is 72.4 cm³/mol. The molecule has 112 valence electrons. The van der Waals surface area contributed by atoms with Crippen LogP contribution in [0.5, 0.6) is 0 Å². The molecule has 2 N–H and O–H groups in total. The molecule has 0 amide bonds. The Hall–Kier alpha value is -1.47. The third kappa shape index (κ3) is 2.67. The molecule has 0 spiro atoms. The van der Waals surface area contributed by atoms with Crippen LogP contribution in [0.25, 0.3) is 10.6 Å². The number of hydrogen-bond donors (Lipinski definition) is 1. The van der Waals surface area contributed by atoms with Gasteiger partial charge in [0.1, 0.15) is 10.8 Å². The summed E-state index contributed by atoms with van der Waals surface area (Å²) in [4.78, 5) is 5.15. The van der Waals surface area contributed by atoms with E-state index in [9.17, 15) is 17.6 Å². The first-order valence-electron chi connectivity index (χ1n) is 6.47. The average Bonchev–Trinajstić information content (AvgIpc) is 3.17. The summed E-state index contributed by atoms with van der Waals surface area (Å²) in [5.41, 5.74) is 5.08. The van der Waals surface area contributed by atoms with Crippen molar-refractivity contribution in [3.8, 4) is 10.6 Å². The Morgan fingerprint density at radius 3 is 2.57 bits per heavy atom. The Bertz CT molecular complexity index is 674. The van der Waals surface area contributed by atoms with Gasteiger partial charge in [-0.3, -0.25) is 0 Å². The maximum atomic E-state index is 14.1. The lowest BCUT2D eigenvalue weighted by Gasteiger charge is -2.09. The predicted octanol–water partition coefficient (Wildman–Crippen LogP) is 4.30. The second-order valence-corrected chi connectivity index (χ2v) is 6.05. The SMILES string of the molecule is NCc1sc(-c2cccc(C(F)(F)F)c2F)nc1C1CC1.